The van der Waals surface area contributed by atoms with E-state index in [1.54, 1.807) is 24.4 Å². The number of hydrogen-bond acceptors (Lipinski definition) is 10. The molecule has 4 heterocycles. The molecule has 1 atom stereocenters. The van der Waals surface area contributed by atoms with E-state index in [-0.39, 0.29) is 23.3 Å². The van der Waals surface area contributed by atoms with Gasteiger partial charge in [-0.2, -0.15) is 0 Å². The van der Waals surface area contributed by atoms with Gasteiger partial charge in [0.15, 0.2) is 5.82 Å². The molecule has 0 spiro atoms. The van der Waals surface area contributed by atoms with Gasteiger partial charge in [-0.15, -0.1) is 0 Å². The van der Waals surface area contributed by atoms with Crippen LogP contribution in [0.1, 0.15) is 44.2 Å². The Morgan fingerprint density at radius 2 is 2.02 bits per heavy atom. The summed E-state index contributed by atoms with van der Waals surface area (Å²) in [6, 6.07) is 8.03. The van der Waals surface area contributed by atoms with E-state index in [1.807, 2.05) is 11.0 Å². The number of pyridine rings is 1. The molecule has 0 unspecified atom stereocenters. The minimum atomic E-state index is -0.745. The second kappa shape index (κ2) is 12.7. The Hall–Kier alpha value is -4.29. The Balaban J connectivity index is 1.49. The summed E-state index contributed by atoms with van der Waals surface area (Å²) in [5, 5.41) is 4.17. The molecule has 3 aromatic heterocycles. The third kappa shape index (κ3) is 6.18. The van der Waals surface area contributed by atoms with Crippen molar-refractivity contribution in [1.82, 2.24) is 30.0 Å². The molecule has 2 aliphatic rings. The Morgan fingerprint density at radius 3 is 2.75 bits per heavy atom. The number of nitrogens with one attached hydrogen (secondary N) is 1. The summed E-state index contributed by atoms with van der Waals surface area (Å²) in [5.74, 6) is 0.802. The zero-order valence-electron chi connectivity index (χ0n) is 24.4. The summed E-state index contributed by atoms with van der Waals surface area (Å²) in [4.78, 5) is 32.0. The number of rotatable bonds is 8. The van der Waals surface area contributed by atoms with Gasteiger partial charge >= 0.3 is 5.76 Å². The van der Waals surface area contributed by atoms with Gasteiger partial charge in [0.2, 0.25) is 11.6 Å². The zero-order valence-corrected chi connectivity index (χ0v) is 25.1. The highest BCUT2D eigenvalue weighted by Gasteiger charge is 2.34. The first kappa shape index (κ1) is 29.8. The maximum absolute atomic E-state index is 15.1. The van der Waals surface area contributed by atoms with Crippen LogP contribution >= 0.6 is 11.6 Å². The van der Waals surface area contributed by atoms with Gasteiger partial charge in [0.1, 0.15) is 23.0 Å². The summed E-state index contributed by atoms with van der Waals surface area (Å²) < 4.78 is 25.6. The van der Waals surface area contributed by atoms with Gasteiger partial charge in [-0.1, -0.05) is 61.3 Å². The van der Waals surface area contributed by atoms with Crippen LogP contribution in [0.15, 0.2) is 64.4 Å². The van der Waals surface area contributed by atoms with E-state index < -0.39 is 11.8 Å². The number of H-pyrrole nitrogens is 1. The summed E-state index contributed by atoms with van der Waals surface area (Å²) >= 11 is 6.38. The normalized spacial score (nSPS) is 20.4. The number of nitrogen functional groups attached to an aromatic ring is 1. The first-order chi connectivity index (χ1) is 21.3. The number of benzene rings is 1. The summed E-state index contributed by atoms with van der Waals surface area (Å²) in [6.07, 6.45) is 7.48. The molecular formula is C31H34ClFN8O3. The number of aromatic amines is 1. The number of nitrogens with two attached hydrogens (primary N) is 1. The fourth-order valence-corrected chi connectivity index (χ4v) is 6.25. The molecule has 3 N–H and O–H groups in total. The van der Waals surface area contributed by atoms with Gasteiger partial charge in [-0.05, 0) is 36.8 Å². The van der Waals surface area contributed by atoms with Gasteiger partial charge in [0, 0.05) is 36.6 Å². The fourth-order valence-electron chi connectivity index (χ4n) is 6.08. The molecule has 0 bridgehead atoms. The van der Waals surface area contributed by atoms with Crippen LogP contribution in [0.5, 0.6) is 0 Å². The number of anilines is 2. The SMILES string of the molecule is C=C(N(CC1CCC(C)CC1)c1c(N)nc(-c2noc(=O)[nH]2)nc1-c1cncc(Cl)c1)N1CCOC[C@H]1c1ccccc1F. The minimum Gasteiger partial charge on any atom is -0.382 e. The monoisotopic (exact) mass is 620 g/mol. The molecule has 1 saturated heterocycles. The number of halogens is 2. The third-order valence-corrected chi connectivity index (χ3v) is 8.63. The van der Waals surface area contributed by atoms with Crippen LogP contribution in [0.25, 0.3) is 22.9 Å². The van der Waals surface area contributed by atoms with Crippen LogP contribution in [0.3, 0.4) is 0 Å². The lowest BCUT2D eigenvalue weighted by atomic mass is 9.82. The predicted molar refractivity (Wildman–Crippen MR) is 165 cm³/mol. The smallest absolute Gasteiger partial charge is 0.382 e. The number of aromatic nitrogens is 5. The number of nitrogens with zero attached hydrogens (tertiary/aromatic N) is 6. The minimum absolute atomic E-state index is 0.0314. The quantitative estimate of drug-likeness (QED) is 0.262. The van der Waals surface area contributed by atoms with E-state index in [2.05, 4.69) is 38.5 Å². The van der Waals surface area contributed by atoms with E-state index >= 15 is 4.39 Å². The van der Waals surface area contributed by atoms with Crippen molar-refractivity contribution in [3.8, 4) is 22.9 Å². The highest BCUT2D eigenvalue weighted by Crippen LogP contribution is 2.41. The van der Waals surface area contributed by atoms with E-state index in [0.717, 1.165) is 25.7 Å². The molecule has 230 valence electrons. The summed E-state index contributed by atoms with van der Waals surface area (Å²) in [6.45, 7) is 8.67. The molecule has 1 aliphatic carbocycles. The van der Waals surface area contributed by atoms with Crippen LogP contribution in [-0.4, -0.2) is 56.3 Å². The van der Waals surface area contributed by atoms with Crippen molar-refractivity contribution in [1.29, 1.82) is 0 Å². The number of morpholine rings is 1. The van der Waals surface area contributed by atoms with E-state index in [0.29, 0.717) is 71.5 Å². The van der Waals surface area contributed by atoms with Crippen molar-refractivity contribution in [3.63, 3.8) is 0 Å². The molecule has 0 amide bonds. The van der Waals surface area contributed by atoms with Gasteiger partial charge in [0.05, 0.1) is 24.3 Å². The Kier molecular flexibility index (Phi) is 8.62. The molecule has 4 aromatic rings. The van der Waals surface area contributed by atoms with Crippen molar-refractivity contribution in [3.05, 3.63) is 82.1 Å². The molecule has 1 saturated carbocycles. The van der Waals surface area contributed by atoms with Gasteiger partial charge in [-0.3, -0.25) is 14.5 Å². The molecule has 44 heavy (non-hydrogen) atoms. The van der Waals surface area contributed by atoms with Crippen LogP contribution in [0, 0.1) is 17.7 Å². The lowest BCUT2D eigenvalue weighted by molar-refractivity contribution is 0.00648. The van der Waals surface area contributed by atoms with E-state index in [4.69, 9.17) is 31.6 Å². The van der Waals surface area contributed by atoms with Crippen molar-refractivity contribution in [2.24, 2.45) is 11.8 Å². The highest BCUT2D eigenvalue weighted by atomic mass is 35.5. The average Bonchev–Trinajstić information content (AvgIpc) is 3.47. The van der Waals surface area contributed by atoms with Crippen LogP contribution in [-0.2, 0) is 4.74 Å². The molecule has 1 aromatic carbocycles. The highest BCUT2D eigenvalue weighted by molar-refractivity contribution is 6.30. The van der Waals surface area contributed by atoms with E-state index in [1.165, 1.54) is 12.3 Å². The first-order valence-corrected chi connectivity index (χ1v) is 15.1. The number of hydrogen-bond donors (Lipinski definition) is 2. The van der Waals surface area contributed by atoms with Crippen LogP contribution < -0.4 is 16.4 Å². The van der Waals surface area contributed by atoms with Gasteiger partial charge in [-0.25, -0.2) is 19.2 Å². The van der Waals surface area contributed by atoms with Crippen molar-refractivity contribution >= 4 is 23.1 Å². The second-order valence-corrected chi connectivity index (χ2v) is 11.9. The Morgan fingerprint density at radius 1 is 1.23 bits per heavy atom. The van der Waals surface area contributed by atoms with Gasteiger partial charge < -0.3 is 20.3 Å². The standard InChI is InChI=1S/C31H34ClFN8O3/c1-18-7-9-20(10-8-18)16-41(19(2)40-11-12-43-17-25(40)23-5-3-4-6-24(23)33)27-26(21-13-22(32)15-35-14-21)36-29(37-28(27)34)30-38-31(42)44-39-30/h3-6,13-15,18,20,25H,2,7-12,16-17H2,1H3,(H2,34,36,37)(H,38,39,42)/t18?,20?,25-/m0/s1. The molecular weight excluding hydrogens is 587 g/mol. The summed E-state index contributed by atoms with van der Waals surface area (Å²) in [5.41, 5.74) is 8.80. The van der Waals surface area contributed by atoms with Crippen LogP contribution in [0.2, 0.25) is 5.02 Å². The largest absolute Gasteiger partial charge is 0.439 e. The summed E-state index contributed by atoms with van der Waals surface area (Å²) in [7, 11) is 0. The maximum Gasteiger partial charge on any atom is 0.439 e. The molecule has 1 aliphatic heterocycles. The van der Waals surface area contributed by atoms with Crippen LogP contribution in [0.4, 0.5) is 15.9 Å². The molecule has 11 nitrogen and oxygen atoms in total. The number of ether oxygens (including phenoxy) is 1. The Bertz CT molecular complexity index is 1700. The zero-order chi connectivity index (χ0) is 30.8. The molecule has 13 heteroatoms. The van der Waals surface area contributed by atoms with E-state index in [9.17, 15) is 4.79 Å². The maximum atomic E-state index is 15.1. The average molecular weight is 621 g/mol. The second-order valence-electron chi connectivity index (χ2n) is 11.4. The lowest BCUT2D eigenvalue weighted by Crippen LogP contribution is -2.46. The fraction of sp³-hybridized carbons (Fsp3) is 0.387. The lowest BCUT2D eigenvalue weighted by Gasteiger charge is -2.44. The van der Waals surface area contributed by atoms with Crippen molar-refractivity contribution < 1.29 is 13.7 Å². The van der Waals surface area contributed by atoms with Gasteiger partial charge in [0.25, 0.3) is 0 Å². The van der Waals surface area contributed by atoms with Crippen molar-refractivity contribution in [2.45, 2.75) is 38.6 Å². The molecule has 0 radical (unpaired) electrons. The molecule has 6 rings (SSSR count). The first-order valence-electron chi connectivity index (χ1n) is 14.7. The topological polar surface area (TPSA) is 139 Å². The third-order valence-electron chi connectivity index (χ3n) is 8.42. The molecule has 2 fully saturated rings. The van der Waals surface area contributed by atoms with Crippen molar-refractivity contribution in [2.75, 3.05) is 36.9 Å². The predicted octanol–water partition coefficient (Wildman–Crippen LogP) is 5.43. The Labute approximate surface area is 258 Å².